The number of carbonyl (C=O) groups excluding carboxylic acids is 1. The molecular weight excluding hydrogens is 264 g/mol. The Balaban J connectivity index is 1.75. The van der Waals surface area contributed by atoms with Crippen molar-refractivity contribution < 1.29 is 9.90 Å². The van der Waals surface area contributed by atoms with E-state index < -0.39 is 0 Å². The number of phenolic OH excluding ortho intramolecular Hbond substituents is 1. The molecule has 2 N–H and O–H groups in total. The van der Waals surface area contributed by atoms with E-state index in [4.69, 9.17) is 0 Å². The molecule has 0 fully saturated rings. The van der Waals surface area contributed by atoms with Gasteiger partial charge in [0.05, 0.1) is 6.42 Å². The number of amides is 1. The van der Waals surface area contributed by atoms with Gasteiger partial charge in [-0.3, -0.25) is 9.78 Å². The van der Waals surface area contributed by atoms with Crippen LogP contribution in [0.4, 0.5) is 0 Å². The Hall–Kier alpha value is -2.36. The first-order valence-corrected chi connectivity index (χ1v) is 7.09. The topological polar surface area (TPSA) is 62.2 Å². The van der Waals surface area contributed by atoms with E-state index in [2.05, 4.69) is 10.3 Å². The largest absolute Gasteiger partial charge is 0.508 e. The van der Waals surface area contributed by atoms with Crippen molar-refractivity contribution in [2.45, 2.75) is 32.2 Å². The van der Waals surface area contributed by atoms with Crippen molar-refractivity contribution in [2.24, 2.45) is 0 Å². The van der Waals surface area contributed by atoms with Gasteiger partial charge >= 0.3 is 0 Å². The average molecular weight is 284 g/mol. The third-order valence-corrected chi connectivity index (χ3v) is 3.30. The first-order valence-electron chi connectivity index (χ1n) is 7.09. The summed E-state index contributed by atoms with van der Waals surface area (Å²) in [5, 5.41) is 12.2. The molecule has 0 bridgehead atoms. The summed E-state index contributed by atoms with van der Waals surface area (Å²) in [5.74, 6) is 0.290. The molecule has 4 nitrogen and oxygen atoms in total. The fourth-order valence-electron chi connectivity index (χ4n) is 2.13. The van der Waals surface area contributed by atoms with Crippen LogP contribution in [0.1, 0.15) is 24.5 Å². The van der Waals surface area contributed by atoms with Crippen LogP contribution in [0.5, 0.6) is 5.75 Å². The highest BCUT2D eigenvalue weighted by atomic mass is 16.3. The van der Waals surface area contributed by atoms with E-state index in [1.54, 1.807) is 24.5 Å². The lowest BCUT2D eigenvalue weighted by Gasteiger charge is -2.14. The molecule has 1 aromatic carbocycles. The molecule has 0 aliphatic heterocycles. The van der Waals surface area contributed by atoms with Gasteiger partial charge in [0.1, 0.15) is 5.75 Å². The maximum absolute atomic E-state index is 11.9. The van der Waals surface area contributed by atoms with Crippen LogP contribution in [0, 0.1) is 0 Å². The number of hydrogen-bond acceptors (Lipinski definition) is 3. The van der Waals surface area contributed by atoms with Crippen molar-refractivity contribution in [3.8, 4) is 5.75 Å². The number of aromatic hydroxyl groups is 1. The van der Waals surface area contributed by atoms with Gasteiger partial charge in [0.25, 0.3) is 0 Å². The molecule has 1 amide bonds. The molecule has 0 aliphatic carbocycles. The zero-order valence-electron chi connectivity index (χ0n) is 12.1. The van der Waals surface area contributed by atoms with Gasteiger partial charge in [0.2, 0.25) is 5.91 Å². The van der Waals surface area contributed by atoms with Crippen molar-refractivity contribution in [3.63, 3.8) is 0 Å². The van der Waals surface area contributed by atoms with Crippen molar-refractivity contribution in [1.29, 1.82) is 0 Å². The molecule has 0 radical (unpaired) electrons. The summed E-state index contributed by atoms with van der Waals surface area (Å²) >= 11 is 0. The van der Waals surface area contributed by atoms with E-state index in [-0.39, 0.29) is 17.7 Å². The van der Waals surface area contributed by atoms with Crippen LogP contribution in [-0.2, 0) is 17.6 Å². The van der Waals surface area contributed by atoms with Crippen molar-refractivity contribution in [2.75, 3.05) is 0 Å². The monoisotopic (exact) mass is 284 g/mol. The van der Waals surface area contributed by atoms with Crippen molar-refractivity contribution in [1.82, 2.24) is 10.3 Å². The first kappa shape index (κ1) is 15.0. The van der Waals surface area contributed by atoms with Gasteiger partial charge in [-0.05, 0) is 49.1 Å². The smallest absolute Gasteiger partial charge is 0.224 e. The Labute approximate surface area is 124 Å². The molecule has 110 valence electrons. The number of aromatic nitrogens is 1. The summed E-state index contributed by atoms with van der Waals surface area (Å²) in [7, 11) is 0. The number of nitrogens with one attached hydrogen (secondary N) is 1. The second kappa shape index (κ2) is 7.43. The first-order chi connectivity index (χ1) is 10.1. The summed E-state index contributed by atoms with van der Waals surface area (Å²) < 4.78 is 0. The number of rotatable bonds is 6. The number of nitrogens with zero attached hydrogens (tertiary/aromatic N) is 1. The quantitative estimate of drug-likeness (QED) is 0.856. The molecule has 2 aromatic rings. The number of phenols is 1. The molecule has 4 heteroatoms. The fourth-order valence-corrected chi connectivity index (χ4v) is 2.13. The highest BCUT2D eigenvalue weighted by Crippen LogP contribution is 2.12. The zero-order valence-corrected chi connectivity index (χ0v) is 12.1. The number of carbonyl (C=O) groups is 1. The number of aryl methyl sites for hydroxylation is 1. The molecule has 1 heterocycles. The molecule has 0 spiro atoms. The van der Waals surface area contributed by atoms with E-state index in [9.17, 15) is 9.90 Å². The van der Waals surface area contributed by atoms with Crippen molar-refractivity contribution >= 4 is 5.91 Å². The third-order valence-electron chi connectivity index (χ3n) is 3.30. The predicted octanol–water partition coefficient (Wildman–Crippen LogP) is 2.47. The molecule has 1 atom stereocenters. The van der Waals surface area contributed by atoms with E-state index in [1.165, 1.54) is 0 Å². The van der Waals surface area contributed by atoms with Crippen LogP contribution in [0.2, 0.25) is 0 Å². The minimum absolute atomic E-state index is 0.0150. The second-order valence-corrected chi connectivity index (χ2v) is 5.21. The van der Waals surface area contributed by atoms with Gasteiger partial charge in [0.15, 0.2) is 0 Å². The molecule has 2 rings (SSSR count). The van der Waals surface area contributed by atoms with Crippen LogP contribution in [0.25, 0.3) is 0 Å². The third kappa shape index (κ3) is 5.26. The molecule has 0 saturated heterocycles. The average Bonchev–Trinajstić information content (AvgIpc) is 2.47. The molecule has 1 aromatic heterocycles. The number of pyridine rings is 1. The number of benzene rings is 1. The minimum Gasteiger partial charge on any atom is -0.508 e. The van der Waals surface area contributed by atoms with Crippen LogP contribution >= 0.6 is 0 Å². The molecule has 21 heavy (non-hydrogen) atoms. The Bertz CT molecular complexity index is 567. The maximum atomic E-state index is 11.9. The van der Waals surface area contributed by atoms with Gasteiger partial charge in [-0.1, -0.05) is 18.2 Å². The summed E-state index contributed by atoms with van der Waals surface area (Å²) in [6.07, 6.45) is 5.50. The molecule has 0 saturated carbocycles. The molecular formula is C17H20N2O2. The van der Waals surface area contributed by atoms with E-state index in [0.29, 0.717) is 6.42 Å². The summed E-state index contributed by atoms with van der Waals surface area (Å²) in [6, 6.07) is 11.0. The highest BCUT2D eigenvalue weighted by Gasteiger charge is 2.08. The SMILES string of the molecule is CC(CCc1ccc(O)cc1)NC(=O)Cc1cccnc1. The van der Waals surface area contributed by atoms with Gasteiger partial charge in [-0.25, -0.2) is 0 Å². The summed E-state index contributed by atoms with van der Waals surface area (Å²) in [6.45, 7) is 2.00. The standard InChI is InChI=1S/C17H20N2O2/c1-13(4-5-14-6-8-16(20)9-7-14)19-17(21)11-15-3-2-10-18-12-15/h2-3,6-10,12-13,20H,4-5,11H2,1H3,(H,19,21). The lowest BCUT2D eigenvalue weighted by molar-refractivity contribution is -0.121. The fraction of sp³-hybridized carbons (Fsp3) is 0.294. The van der Waals surface area contributed by atoms with E-state index in [0.717, 1.165) is 24.0 Å². The zero-order chi connectivity index (χ0) is 15.1. The Morgan fingerprint density at radius 1 is 1.24 bits per heavy atom. The summed E-state index contributed by atoms with van der Waals surface area (Å²) in [5.41, 5.74) is 2.07. The minimum atomic E-state index is 0.0150. The Kier molecular flexibility index (Phi) is 5.32. The Morgan fingerprint density at radius 3 is 2.67 bits per heavy atom. The maximum Gasteiger partial charge on any atom is 0.224 e. The van der Waals surface area contributed by atoms with Gasteiger partial charge < -0.3 is 10.4 Å². The van der Waals surface area contributed by atoms with Crippen LogP contribution in [-0.4, -0.2) is 22.0 Å². The lowest BCUT2D eigenvalue weighted by atomic mass is 10.1. The predicted molar refractivity (Wildman–Crippen MR) is 82.0 cm³/mol. The van der Waals surface area contributed by atoms with Crippen LogP contribution < -0.4 is 5.32 Å². The van der Waals surface area contributed by atoms with Crippen LogP contribution in [0.15, 0.2) is 48.8 Å². The van der Waals surface area contributed by atoms with E-state index >= 15 is 0 Å². The van der Waals surface area contributed by atoms with Crippen molar-refractivity contribution in [3.05, 3.63) is 59.9 Å². The molecule has 0 aliphatic rings. The Morgan fingerprint density at radius 2 is 2.00 bits per heavy atom. The number of hydrogen-bond donors (Lipinski definition) is 2. The van der Waals surface area contributed by atoms with Gasteiger partial charge in [-0.2, -0.15) is 0 Å². The molecule has 1 unspecified atom stereocenters. The normalized spacial score (nSPS) is 11.9. The summed E-state index contributed by atoms with van der Waals surface area (Å²) in [4.78, 5) is 15.9. The van der Waals surface area contributed by atoms with Gasteiger partial charge in [0, 0.05) is 18.4 Å². The van der Waals surface area contributed by atoms with Gasteiger partial charge in [-0.15, -0.1) is 0 Å². The highest BCUT2D eigenvalue weighted by molar-refractivity contribution is 5.78. The second-order valence-electron chi connectivity index (χ2n) is 5.21. The van der Waals surface area contributed by atoms with Crippen LogP contribution in [0.3, 0.4) is 0 Å². The lowest BCUT2D eigenvalue weighted by Crippen LogP contribution is -2.34. The van der Waals surface area contributed by atoms with E-state index in [1.807, 2.05) is 31.2 Å².